The lowest BCUT2D eigenvalue weighted by Crippen LogP contribution is -2.44. The standard InChI is InChI=1S/C30H27N3O4/c1-30(2,3)33(29(35)36)18-19-11-13-21(14-12-19)26-22(20-8-5-4-6-9-20)16-23-27(32-26)24(17-31-28(23)34)25-10-7-15-37-25/h4-17H,18H2,1-3H3,(H,31,34)(H,35,36). The molecule has 0 fully saturated rings. The van der Waals surface area contributed by atoms with Gasteiger partial charge in [-0.2, -0.15) is 0 Å². The van der Waals surface area contributed by atoms with Gasteiger partial charge in [0.1, 0.15) is 5.76 Å². The predicted octanol–water partition coefficient (Wildman–Crippen LogP) is 7.21. The SMILES string of the molecule is CC(C)(C)N(Cc1ccc(-c2nc3c(-c4ccco4)cnc(O)c3cc2-c2ccccc2)cc1)C(=O)O. The zero-order chi connectivity index (χ0) is 26.2. The summed E-state index contributed by atoms with van der Waals surface area (Å²) in [5.74, 6) is 0.502. The van der Waals surface area contributed by atoms with Crippen molar-refractivity contribution in [2.24, 2.45) is 0 Å². The Morgan fingerprint density at radius 3 is 2.30 bits per heavy atom. The van der Waals surface area contributed by atoms with Crippen LogP contribution in [-0.2, 0) is 6.54 Å². The van der Waals surface area contributed by atoms with Gasteiger partial charge in [-0.3, -0.25) is 4.90 Å². The van der Waals surface area contributed by atoms with Gasteiger partial charge in [-0.1, -0.05) is 54.6 Å². The topological polar surface area (TPSA) is 99.7 Å². The first kappa shape index (κ1) is 24.1. The highest BCUT2D eigenvalue weighted by Gasteiger charge is 2.26. The quantitative estimate of drug-likeness (QED) is 0.268. The molecule has 3 heterocycles. The van der Waals surface area contributed by atoms with E-state index < -0.39 is 11.6 Å². The van der Waals surface area contributed by atoms with Gasteiger partial charge in [-0.15, -0.1) is 0 Å². The smallest absolute Gasteiger partial charge is 0.408 e. The fraction of sp³-hybridized carbons (Fsp3) is 0.167. The first-order valence-corrected chi connectivity index (χ1v) is 11.9. The zero-order valence-electron chi connectivity index (χ0n) is 20.8. The molecule has 7 heteroatoms. The molecule has 5 aromatic rings. The number of benzene rings is 2. The molecule has 37 heavy (non-hydrogen) atoms. The van der Waals surface area contributed by atoms with Crippen molar-refractivity contribution >= 4 is 17.0 Å². The van der Waals surface area contributed by atoms with E-state index in [1.165, 1.54) is 4.90 Å². The van der Waals surface area contributed by atoms with Crippen LogP contribution in [0.3, 0.4) is 0 Å². The Labute approximate surface area is 214 Å². The van der Waals surface area contributed by atoms with Gasteiger partial charge in [0.2, 0.25) is 5.88 Å². The minimum atomic E-state index is -0.960. The van der Waals surface area contributed by atoms with Gasteiger partial charge in [0.25, 0.3) is 0 Å². The normalized spacial score (nSPS) is 11.5. The maximum atomic E-state index is 11.8. The molecule has 0 unspecified atom stereocenters. The van der Waals surface area contributed by atoms with Crippen LogP contribution in [0.2, 0.25) is 0 Å². The second kappa shape index (κ2) is 9.43. The fourth-order valence-electron chi connectivity index (χ4n) is 4.36. The molecule has 2 aromatic carbocycles. The summed E-state index contributed by atoms with van der Waals surface area (Å²) in [6, 6.07) is 23.1. The van der Waals surface area contributed by atoms with Crippen LogP contribution in [0.1, 0.15) is 26.3 Å². The summed E-state index contributed by atoms with van der Waals surface area (Å²) in [7, 11) is 0. The molecule has 0 aliphatic rings. The summed E-state index contributed by atoms with van der Waals surface area (Å²) in [5.41, 5.74) is 4.99. The molecule has 0 atom stereocenters. The van der Waals surface area contributed by atoms with Gasteiger partial charge in [0.05, 0.1) is 28.4 Å². The van der Waals surface area contributed by atoms with E-state index in [1.54, 1.807) is 18.5 Å². The van der Waals surface area contributed by atoms with E-state index in [9.17, 15) is 15.0 Å². The summed E-state index contributed by atoms with van der Waals surface area (Å²) in [6.45, 7) is 5.91. The van der Waals surface area contributed by atoms with E-state index in [0.717, 1.165) is 27.9 Å². The van der Waals surface area contributed by atoms with Gasteiger partial charge in [-0.25, -0.2) is 14.8 Å². The Kier molecular flexibility index (Phi) is 6.13. The maximum absolute atomic E-state index is 11.8. The second-order valence-electron chi connectivity index (χ2n) is 9.86. The van der Waals surface area contributed by atoms with Crippen molar-refractivity contribution in [1.82, 2.24) is 14.9 Å². The van der Waals surface area contributed by atoms with Crippen molar-refractivity contribution in [2.75, 3.05) is 0 Å². The molecule has 0 aliphatic carbocycles. The highest BCUT2D eigenvalue weighted by molar-refractivity contribution is 6.00. The van der Waals surface area contributed by atoms with E-state index in [0.29, 0.717) is 22.2 Å². The van der Waals surface area contributed by atoms with E-state index >= 15 is 0 Å². The molecule has 0 aliphatic heterocycles. The van der Waals surface area contributed by atoms with Crippen LogP contribution in [0.25, 0.3) is 44.6 Å². The maximum Gasteiger partial charge on any atom is 0.408 e. The van der Waals surface area contributed by atoms with Crippen molar-refractivity contribution in [3.63, 3.8) is 0 Å². The van der Waals surface area contributed by atoms with Gasteiger partial charge in [0, 0.05) is 29.4 Å². The third-order valence-corrected chi connectivity index (χ3v) is 6.31. The number of pyridine rings is 2. The van der Waals surface area contributed by atoms with Crippen LogP contribution < -0.4 is 0 Å². The molecule has 3 aromatic heterocycles. The molecule has 0 saturated heterocycles. The Hall–Kier alpha value is -4.65. The Morgan fingerprint density at radius 1 is 0.946 bits per heavy atom. The Morgan fingerprint density at radius 2 is 1.68 bits per heavy atom. The van der Waals surface area contributed by atoms with Crippen LogP contribution in [0.5, 0.6) is 5.88 Å². The number of nitrogens with zero attached hydrogens (tertiary/aromatic N) is 3. The lowest BCUT2D eigenvalue weighted by atomic mass is 9.96. The van der Waals surface area contributed by atoms with E-state index in [2.05, 4.69) is 4.98 Å². The first-order chi connectivity index (χ1) is 17.7. The molecule has 7 nitrogen and oxygen atoms in total. The third kappa shape index (κ3) is 4.76. The van der Waals surface area contributed by atoms with Crippen molar-refractivity contribution in [3.8, 4) is 39.6 Å². The van der Waals surface area contributed by atoms with Crippen molar-refractivity contribution in [3.05, 3.63) is 90.8 Å². The molecule has 2 N–H and O–H groups in total. The molecular formula is C30H27N3O4. The number of rotatable bonds is 5. The highest BCUT2D eigenvalue weighted by Crippen LogP contribution is 2.39. The van der Waals surface area contributed by atoms with Crippen LogP contribution in [-0.4, -0.2) is 36.7 Å². The number of hydrogen-bond donors (Lipinski definition) is 2. The summed E-state index contributed by atoms with van der Waals surface area (Å²) in [5, 5.41) is 20.8. The number of aromatic nitrogens is 2. The average Bonchev–Trinajstić information content (AvgIpc) is 3.42. The van der Waals surface area contributed by atoms with E-state index in [4.69, 9.17) is 9.40 Å². The van der Waals surface area contributed by atoms with Crippen molar-refractivity contribution in [2.45, 2.75) is 32.9 Å². The lowest BCUT2D eigenvalue weighted by molar-refractivity contribution is 0.0955. The van der Waals surface area contributed by atoms with Gasteiger partial charge >= 0.3 is 6.09 Å². The molecule has 5 rings (SSSR count). The van der Waals surface area contributed by atoms with Gasteiger partial charge < -0.3 is 14.6 Å². The molecule has 186 valence electrons. The van der Waals surface area contributed by atoms with Crippen molar-refractivity contribution < 1.29 is 19.4 Å². The van der Waals surface area contributed by atoms with Crippen LogP contribution in [0, 0.1) is 0 Å². The van der Waals surface area contributed by atoms with Crippen LogP contribution in [0.15, 0.2) is 89.7 Å². The number of amides is 1. The number of furan rings is 1. The number of carboxylic acid groups (broad SMARTS) is 1. The summed E-state index contributed by atoms with van der Waals surface area (Å²) in [6.07, 6.45) is 2.19. The highest BCUT2D eigenvalue weighted by atomic mass is 16.4. The molecule has 1 amide bonds. The number of aromatic hydroxyl groups is 1. The first-order valence-electron chi connectivity index (χ1n) is 11.9. The largest absolute Gasteiger partial charge is 0.493 e. The predicted molar refractivity (Wildman–Crippen MR) is 143 cm³/mol. The third-order valence-electron chi connectivity index (χ3n) is 6.31. The fourth-order valence-corrected chi connectivity index (χ4v) is 4.36. The zero-order valence-corrected chi connectivity index (χ0v) is 20.8. The van der Waals surface area contributed by atoms with Crippen molar-refractivity contribution in [1.29, 1.82) is 0 Å². The molecule has 0 radical (unpaired) electrons. The lowest BCUT2D eigenvalue weighted by Gasteiger charge is -2.33. The van der Waals surface area contributed by atoms with Gasteiger partial charge in [0.15, 0.2) is 0 Å². The molecule has 0 saturated carbocycles. The number of fused-ring (bicyclic) bond motifs is 1. The Balaban J connectivity index is 1.66. The summed E-state index contributed by atoms with van der Waals surface area (Å²) < 4.78 is 5.61. The van der Waals surface area contributed by atoms with Crippen LogP contribution >= 0.6 is 0 Å². The van der Waals surface area contributed by atoms with E-state index in [-0.39, 0.29) is 12.4 Å². The molecule has 0 bridgehead atoms. The Bertz CT molecular complexity index is 1560. The molecular weight excluding hydrogens is 466 g/mol. The van der Waals surface area contributed by atoms with Crippen LogP contribution in [0.4, 0.5) is 4.79 Å². The average molecular weight is 494 g/mol. The summed E-state index contributed by atoms with van der Waals surface area (Å²) >= 11 is 0. The second-order valence-corrected chi connectivity index (χ2v) is 9.86. The summed E-state index contributed by atoms with van der Waals surface area (Å²) in [4.78, 5) is 22.4. The minimum absolute atomic E-state index is 0.104. The number of hydrogen-bond acceptors (Lipinski definition) is 5. The minimum Gasteiger partial charge on any atom is -0.493 e. The van der Waals surface area contributed by atoms with Gasteiger partial charge in [-0.05, 0) is 50.1 Å². The number of carbonyl (C=O) groups is 1. The molecule has 0 spiro atoms. The van der Waals surface area contributed by atoms with E-state index in [1.807, 2.05) is 87.5 Å². The monoisotopic (exact) mass is 493 g/mol.